The Labute approximate surface area is 227 Å². The zero-order valence-electron chi connectivity index (χ0n) is 21.1. The Hall–Kier alpha value is -4.67. The van der Waals surface area contributed by atoms with Crippen molar-refractivity contribution in [3.8, 4) is 0 Å². The molecule has 0 fully saturated rings. The van der Waals surface area contributed by atoms with Crippen LogP contribution in [0.4, 0.5) is 0 Å². The van der Waals surface area contributed by atoms with Crippen LogP contribution < -0.4 is 0 Å². The molecule has 0 radical (unpaired) electrons. The van der Waals surface area contributed by atoms with E-state index in [2.05, 4.69) is 66.7 Å². The van der Waals surface area contributed by atoms with Gasteiger partial charge < -0.3 is 0 Å². The SMILES string of the molecule is O=S(=O)(c1ccccc1)n1c(C(c2ccccc2)c2cc3ccccc3c3ccccc23)cc2ccccc21. The second-order valence-corrected chi connectivity index (χ2v) is 11.6. The molecule has 0 aliphatic rings. The predicted octanol–water partition coefficient (Wildman–Crippen LogP) is 8.36. The molecule has 0 N–H and O–H groups in total. The number of hydrogen-bond acceptors (Lipinski definition) is 2. The molecule has 0 saturated heterocycles. The largest absolute Gasteiger partial charge is 0.268 e. The third-order valence-electron chi connectivity index (χ3n) is 7.51. The Bertz CT molecular complexity index is 2080. The first-order chi connectivity index (χ1) is 19.1. The number of rotatable bonds is 5. The molecular formula is C35H25NO2S. The van der Waals surface area contributed by atoms with Gasteiger partial charge in [0, 0.05) is 11.1 Å². The highest BCUT2D eigenvalue weighted by atomic mass is 32.2. The van der Waals surface area contributed by atoms with Crippen LogP contribution in [0.25, 0.3) is 32.4 Å². The molecule has 7 rings (SSSR count). The van der Waals surface area contributed by atoms with Gasteiger partial charge in [0.2, 0.25) is 0 Å². The maximum Gasteiger partial charge on any atom is 0.268 e. The Kier molecular flexibility index (Phi) is 5.57. The monoisotopic (exact) mass is 523 g/mol. The van der Waals surface area contributed by atoms with E-state index < -0.39 is 10.0 Å². The van der Waals surface area contributed by atoms with Gasteiger partial charge in [-0.05, 0) is 63.0 Å². The molecule has 39 heavy (non-hydrogen) atoms. The lowest BCUT2D eigenvalue weighted by Gasteiger charge is -2.23. The zero-order chi connectivity index (χ0) is 26.4. The zero-order valence-corrected chi connectivity index (χ0v) is 21.9. The van der Waals surface area contributed by atoms with Gasteiger partial charge in [0.25, 0.3) is 10.0 Å². The molecule has 4 heteroatoms. The van der Waals surface area contributed by atoms with E-state index in [1.165, 1.54) is 5.39 Å². The van der Waals surface area contributed by atoms with Gasteiger partial charge in [-0.3, -0.25) is 0 Å². The summed E-state index contributed by atoms with van der Waals surface area (Å²) in [5, 5.41) is 5.46. The molecule has 3 nitrogen and oxygen atoms in total. The fourth-order valence-corrected chi connectivity index (χ4v) is 7.37. The number of nitrogens with zero attached hydrogens (tertiary/aromatic N) is 1. The Morgan fingerprint density at radius 2 is 1.08 bits per heavy atom. The number of hydrogen-bond donors (Lipinski definition) is 0. The second kappa shape index (κ2) is 9.26. The number of benzene rings is 6. The molecule has 1 aromatic heterocycles. The fourth-order valence-electron chi connectivity index (χ4n) is 5.80. The molecule has 0 saturated carbocycles. The van der Waals surface area contributed by atoms with Crippen molar-refractivity contribution < 1.29 is 8.42 Å². The lowest BCUT2D eigenvalue weighted by atomic mass is 9.84. The van der Waals surface area contributed by atoms with E-state index in [0.29, 0.717) is 11.2 Å². The number of para-hydroxylation sites is 1. The molecule has 1 heterocycles. The second-order valence-electron chi connectivity index (χ2n) is 9.79. The molecule has 0 aliphatic carbocycles. The average Bonchev–Trinajstić information content (AvgIpc) is 3.38. The van der Waals surface area contributed by atoms with E-state index in [9.17, 15) is 8.42 Å². The molecule has 1 unspecified atom stereocenters. The van der Waals surface area contributed by atoms with E-state index in [4.69, 9.17) is 0 Å². The van der Waals surface area contributed by atoms with Crippen LogP contribution in [0.2, 0.25) is 0 Å². The molecule has 0 spiro atoms. The van der Waals surface area contributed by atoms with E-state index in [1.54, 1.807) is 28.2 Å². The smallest absolute Gasteiger partial charge is 0.237 e. The molecule has 0 aliphatic heterocycles. The highest BCUT2D eigenvalue weighted by molar-refractivity contribution is 7.90. The van der Waals surface area contributed by atoms with Crippen LogP contribution in [0, 0.1) is 0 Å². The minimum atomic E-state index is -3.89. The van der Waals surface area contributed by atoms with E-state index in [1.807, 2.05) is 54.6 Å². The van der Waals surface area contributed by atoms with Crippen LogP contribution in [0.5, 0.6) is 0 Å². The fraction of sp³-hybridized carbons (Fsp3) is 0.0286. The van der Waals surface area contributed by atoms with Crippen LogP contribution in [-0.2, 0) is 10.0 Å². The lowest BCUT2D eigenvalue weighted by Crippen LogP contribution is -2.19. The van der Waals surface area contributed by atoms with E-state index in [-0.39, 0.29) is 10.8 Å². The van der Waals surface area contributed by atoms with Crippen LogP contribution in [0.1, 0.15) is 22.7 Å². The van der Waals surface area contributed by atoms with Crippen LogP contribution in [-0.4, -0.2) is 12.4 Å². The van der Waals surface area contributed by atoms with E-state index in [0.717, 1.165) is 32.7 Å². The van der Waals surface area contributed by atoms with Crippen molar-refractivity contribution in [3.63, 3.8) is 0 Å². The summed E-state index contributed by atoms with van der Waals surface area (Å²) < 4.78 is 30.2. The van der Waals surface area contributed by atoms with Crippen LogP contribution >= 0.6 is 0 Å². The molecule has 1 atom stereocenters. The minimum Gasteiger partial charge on any atom is -0.237 e. The molecule has 188 valence electrons. The van der Waals surface area contributed by atoms with Crippen molar-refractivity contribution in [3.05, 3.63) is 162 Å². The van der Waals surface area contributed by atoms with Crippen LogP contribution in [0.15, 0.2) is 150 Å². The van der Waals surface area contributed by atoms with Crippen molar-refractivity contribution in [1.82, 2.24) is 3.97 Å². The molecule has 7 aromatic rings. The lowest BCUT2D eigenvalue weighted by molar-refractivity contribution is 0.586. The van der Waals surface area contributed by atoms with Gasteiger partial charge in [-0.2, -0.15) is 0 Å². The standard InChI is InChI=1S/C35H25NO2S/c37-39(38,28-17-5-2-6-18-28)36-33-22-12-8-16-27(33)24-34(36)35(25-13-3-1-4-14-25)32-23-26-15-7-9-19-29(26)30-20-10-11-21-31(30)32/h1-24,35H. The Balaban J connectivity index is 1.62. The van der Waals surface area contributed by atoms with Gasteiger partial charge in [0.1, 0.15) is 0 Å². The number of fused-ring (bicyclic) bond motifs is 4. The van der Waals surface area contributed by atoms with E-state index >= 15 is 0 Å². The summed E-state index contributed by atoms with van der Waals surface area (Å²) >= 11 is 0. The Morgan fingerprint density at radius 1 is 0.513 bits per heavy atom. The first-order valence-electron chi connectivity index (χ1n) is 13.0. The topological polar surface area (TPSA) is 39.1 Å². The van der Waals surface area contributed by atoms with Crippen molar-refractivity contribution in [2.45, 2.75) is 10.8 Å². The van der Waals surface area contributed by atoms with Gasteiger partial charge in [0.15, 0.2) is 0 Å². The van der Waals surface area contributed by atoms with Crippen molar-refractivity contribution in [1.29, 1.82) is 0 Å². The first kappa shape index (κ1) is 23.4. The van der Waals surface area contributed by atoms with Crippen molar-refractivity contribution >= 4 is 42.5 Å². The molecule has 6 aromatic carbocycles. The molecular weight excluding hydrogens is 498 g/mol. The van der Waals surface area contributed by atoms with Crippen molar-refractivity contribution in [2.24, 2.45) is 0 Å². The molecule has 0 bridgehead atoms. The quantitative estimate of drug-likeness (QED) is 0.213. The summed E-state index contributed by atoms with van der Waals surface area (Å²) in [6.07, 6.45) is 0. The van der Waals surface area contributed by atoms with Gasteiger partial charge >= 0.3 is 0 Å². The maximum absolute atomic E-state index is 14.3. The third kappa shape index (κ3) is 3.84. The van der Waals surface area contributed by atoms with Gasteiger partial charge in [-0.1, -0.05) is 115 Å². The highest BCUT2D eigenvalue weighted by Crippen LogP contribution is 2.42. The van der Waals surface area contributed by atoms with Gasteiger partial charge in [-0.15, -0.1) is 0 Å². The average molecular weight is 524 g/mol. The summed E-state index contributed by atoms with van der Waals surface area (Å²) in [4.78, 5) is 0.266. The van der Waals surface area contributed by atoms with Crippen LogP contribution in [0.3, 0.4) is 0 Å². The van der Waals surface area contributed by atoms with Crippen molar-refractivity contribution in [2.75, 3.05) is 0 Å². The summed E-state index contributed by atoms with van der Waals surface area (Å²) in [5.41, 5.74) is 3.49. The van der Waals surface area contributed by atoms with Gasteiger partial charge in [-0.25, -0.2) is 12.4 Å². The van der Waals surface area contributed by atoms with Gasteiger partial charge in [0.05, 0.1) is 16.3 Å². The number of aromatic nitrogens is 1. The predicted molar refractivity (Wildman–Crippen MR) is 160 cm³/mol. The Morgan fingerprint density at radius 3 is 1.82 bits per heavy atom. The molecule has 0 amide bonds. The first-order valence-corrected chi connectivity index (χ1v) is 14.4. The summed E-state index contributed by atoms with van der Waals surface area (Å²) in [6, 6.07) is 47.7. The summed E-state index contributed by atoms with van der Waals surface area (Å²) in [7, 11) is -3.89. The maximum atomic E-state index is 14.3. The summed E-state index contributed by atoms with van der Waals surface area (Å²) in [6.45, 7) is 0. The normalized spacial score (nSPS) is 12.7. The summed E-state index contributed by atoms with van der Waals surface area (Å²) in [5.74, 6) is -0.327. The minimum absolute atomic E-state index is 0.266. The highest BCUT2D eigenvalue weighted by Gasteiger charge is 2.30. The third-order valence-corrected chi connectivity index (χ3v) is 9.27.